The second kappa shape index (κ2) is 10.6. The van der Waals surface area contributed by atoms with E-state index in [1.54, 1.807) is 36.4 Å². The van der Waals surface area contributed by atoms with Crippen molar-refractivity contribution in [1.82, 2.24) is 4.90 Å². The van der Waals surface area contributed by atoms with Crippen molar-refractivity contribution in [3.05, 3.63) is 94.0 Å². The number of carbonyl (C=O) groups excluding carboxylic acids is 4. The van der Waals surface area contributed by atoms with Crippen LogP contribution in [-0.4, -0.2) is 41.6 Å². The molecule has 3 amide bonds. The van der Waals surface area contributed by atoms with E-state index >= 15 is 0 Å². The minimum absolute atomic E-state index is 0.125. The summed E-state index contributed by atoms with van der Waals surface area (Å²) in [6, 6.07) is 21.2. The number of ether oxygens (including phenoxy) is 1. The van der Waals surface area contributed by atoms with Crippen molar-refractivity contribution in [1.29, 1.82) is 0 Å². The summed E-state index contributed by atoms with van der Waals surface area (Å²) in [5.74, 6) is -0.923. The molecule has 38 heavy (non-hydrogen) atoms. The number of methoxy groups -OCH3 is 1. The second-order valence-electron chi connectivity index (χ2n) is 8.23. The van der Waals surface area contributed by atoms with E-state index in [4.69, 9.17) is 20.8 Å². The van der Waals surface area contributed by atoms with E-state index < -0.39 is 29.6 Å². The maximum Gasteiger partial charge on any atom is 0.339 e. The fraction of sp³-hybridized carbons (Fsp3) is 0.0714. The number of fused-ring (bicyclic) bond motifs is 1. The topological polar surface area (TPSA) is 106 Å². The number of imide groups is 1. The van der Waals surface area contributed by atoms with Crippen LogP contribution < -0.4 is 5.32 Å². The first-order valence-corrected chi connectivity index (χ1v) is 12.5. The summed E-state index contributed by atoms with van der Waals surface area (Å²) in [6.07, 6.45) is 1.44. The van der Waals surface area contributed by atoms with Crippen molar-refractivity contribution in [2.24, 2.45) is 0 Å². The Morgan fingerprint density at radius 3 is 2.66 bits per heavy atom. The molecule has 3 aromatic carbocycles. The zero-order valence-electron chi connectivity index (χ0n) is 19.9. The lowest BCUT2D eigenvalue weighted by Crippen LogP contribution is -2.36. The van der Waals surface area contributed by atoms with Crippen LogP contribution >= 0.6 is 23.4 Å². The van der Waals surface area contributed by atoms with Gasteiger partial charge in [-0.25, -0.2) is 4.79 Å². The van der Waals surface area contributed by atoms with Gasteiger partial charge in [-0.3, -0.25) is 19.3 Å². The summed E-state index contributed by atoms with van der Waals surface area (Å²) in [5.41, 5.74) is 1.36. The summed E-state index contributed by atoms with van der Waals surface area (Å²) >= 11 is 6.80. The molecule has 10 heteroatoms. The molecule has 2 heterocycles. The summed E-state index contributed by atoms with van der Waals surface area (Å²) in [5, 5.41) is 4.28. The van der Waals surface area contributed by atoms with Gasteiger partial charge < -0.3 is 14.5 Å². The average molecular weight is 547 g/mol. The molecule has 1 aliphatic heterocycles. The quantitative estimate of drug-likeness (QED) is 0.226. The molecule has 0 spiro atoms. The van der Waals surface area contributed by atoms with Crippen molar-refractivity contribution < 1.29 is 28.3 Å². The Labute approximate surface area is 226 Å². The normalized spacial score (nSPS) is 14.4. The van der Waals surface area contributed by atoms with Crippen molar-refractivity contribution in [2.45, 2.75) is 0 Å². The molecular formula is C28H19ClN2O6S. The molecule has 0 unspecified atom stereocenters. The molecule has 0 saturated carbocycles. The van der Waals surface area contributed by atoms with Gasteiger partial charge in [0.15, 0.2) is 0 Å². The van der Waals surface area contributed by atoms with E-state index in [9.17, 15) is 19.2 Å². The Bertz CT molecular complexity index is 1640. The van der Waals surface area contributed by atoms with Crippen LogP contribution in [0.5, 0.6) is 0 Å². The van der Waals surface area contributed by atoms with E-state index in [-0.39, 0.29) is 15.5 Å². The number of rotatable bonds is 6. The van der Waals surface area contributed by atoms with Crippen LogP contribution in [0.3, 0.4) is 0 Å². The predicted molar refractivity (Wildman–Crippen MR) is 146 cm³/mol. The fourth-order valence-electron chi connectivity index (χ4n) is 3.96. The number of amides is 3. The SMILES string of the molecule is COC(=O)c1cc(-c2ccc(/C=C3/SC(=O)N(CC(=O)Nc4cccc5ccccc45)C3=O)o2)ccc1Cl. The lowest BCUT2D eigenvalue weighted by Gasteiger charge is -2.13. The van der Waals surface area contributed by atoms with Crippen molar-refractivity contribution in [3.63, 3.8) is 0 Å². The van der Waals surface area contributed by atoms with Gasteiger partial charge >= 0.3 is 5.97 Å². The van der Waals surface area contributed by atoms with Gasteiger partial charge in [-0.15, -0.1) is 0 Å². The third kappa shape index (κ3) is 5.06. The largest absolute Gasteiger partial charge is 0.465 e. The fourth-order valence-corrected chi connectivity index (χ4v) is 4.98. The van der Waals surface area contributed by atoms with Gasteiger partial charge in [0, 0.05) is 22.7 Å². The third-order valence-corrected chi connectivity index (χ3v) is 7.03. The number of halogens is 1. The molecule has 190 valence electrons. The number of nitrogens with zero attached hydrogens (tertiary/aromatic N) is 1. The number of hydrogen-bond acceptors (Lipinski definition) is 7. The summed E-state index contributed by atoms with van der Waals surface area (Å²) in [6.45, 7) is -0.421. The van der Waals surface area contributed by atoms with Crippen molar-refractivity contribution >= 4 is 68.9 Å². The Balaban J connectivity index is 1.30. The number of carbonyl (C=O) groups is 4. The summed E-state index contributed by atoms with van der Waals surface area (Å²) in [4.78, 5) is 51.1. The molecule has 1 saturated heterocycles. The monoisotopic (exact) mass is 546 g/mol. The number of thioether (sulfide) groups is 1. The van der Waals surface area contributed by atoms with Gasteiger partial charge in [0.1, 0.15) is 18.1 Å². The number of nitrogens with one attached hydrogen (secondary N) is 1. The van der Waals surface area contributed by atoms with Crippen LogP contribution in [0.1, 0.15) is 16.1 Å². The molecule has 1 aliphatic rings. The van der Waals surface area contributed by atoms with E-state index in [2.05, 4.69) is 5.32 Å². The Morgan fingerprint density at radius 2 is 1.84 bits per heavy atom. The zero-order valence-corrected chi connectivity index (χ0v) is 21.5. The van der Waals surface area contributed by atoms with Gasteiger partial charge in [-0.05, 0) is 53.5 Å². The van der Waals surface area contributed by atoms with Gasteiger partial charge in [0.25, 0.3) is 11.1 Å². The highest BCUT2D eigenvalue weighted by atomic mass is 35.5. The zero-order chi connectivity index (χ0) is 26.8. The molecule has 1 aromatic heterocycles. The van der Waals surface area contributed by atoms with Crippen LogP contribution in [0.25, 0.3) is 28.2 Å². The van der Waals surface area contributed by atoms with Crippen molar-refractivity contribution in [3.8, 4) is 11.3 Å². The molecule has 4 aromatic rings. The minimum Gasteiger partial charge on any atom is -0.465 e. The Morgan fingerprint density at radius 1 is 1.05 bits per heavy atom. The van der Waals surface area contributed by atoms with Gasteiger partial charge in [0.05, 0.1) is 22.6 Å². The van der Waals surface area contributed by atoms with E-state index in [1.807, 2.05) is 36.4 Å². The highest BCUT2D eigenvalue weighted by Crippen LogP contribution is 2.34. The van der Waals surface area contributed by atoms with Crippen LogP contribution in [0, 0.1) is 0 Å². The molecule has 0 atom stereocenters. The maximum absolute atomic E-state index is 12.9. The Kier molecular flexibility index (Phi) is 7.04. The molecule has 0 radical (unpaired) electrons. The number of furan rings is 1. The second-order valence-corrected chi connectivity index (χ2v) is 9.63. The van der Waals surface area contributed by atoms with Crippen LogP contribution in [0.15, 0.2) is 82.1 Å². The van der Waals surface area contributed by atoms with Crippen molar-refractivity contribution in [2.75, 3.05) is 19.0 Å². The molecular weight excluding hydrogens is 528 g/mol. The van der Waals surface area contributed by atoms with Crippen LogP contribution in [-0.2, 0) is 14.3 Å². The first-order chi connectivity index (χ1) is 18.3. The summed E-state index contributed by atoms with van der Waals surface area (Å²) in [7, 11) is 1.26. The van der Waals surface area contributed by atoms with Gasteiger partial charge in [-0.2, -0.15) is 0 Å². The third-order valence-electron chi connectivity index (χ3n) is 5.80. The predicted octanol–water partition coefficient (Wildman–Crippen LogP) is 6.21. The number of anilines is 1. The number of benzene rings is 3. The first kappa shape index (κ1) is 25.3. The highest BCUT2D eigenvalue weighted by molar-refractivity contribution is 8.18. The summed E-state index contributed by atoms with van der Waals surface area (Å²) < 4.78 is 10.6. The molecule has 0 bridgehead atoms. The molecule has 1 fully saturated rings. The highest BCUT2D eigenvalue weighted by Gasteiger charge is 2.36. The molecule has 1 N–H and O–H groups in total. The number of hydrogen-bond donors (Lipinski definition) is 1. The van der Waals surface area contributed by atoms with E-state index in [0.717, 1.165) is 27.4 Å². The molecule has 8 nitrogen and oxygen atoms in total. The van der Waals surface area contributed by atoms with Gasteiger partial charge in [-0.1, -0.05) is 48.0 Å². The molecule has 5 rings (SSSR count). The maximum atomic E-state index is 12.9. The smallest absolute Gasteiger partial charge is 0.339 e. The van der Waals surface area contributed by atoms with E-state index in [0.29, 0.717) is 22.8 Å². The number of esters is 1. The Hall–Kier alpha value is -4.34. The lowest BCUT2D eigenvalue weighted by atomic mass is 10.1. The lowest BCUT2D eigenvalue weighted by molar-refractivity contribution is -0.127. The van der Waals surface area contributed by atoms with Crippen LogP contribution in [0.4, 0.5) is 10.5 Å². The van der Waals surface area contributed by atoms with E-state index in [1.165, 1.54) is 13.2 Å². The first-order valence-electron chi connectivity index (χ1n) is 11.3. The standard InChI is InChI=1S/C28H19ClN2O6S/c1-36-27(34)20-13-17(9-11-21(20)29)23-12-10-18(37-23)14-24-26(33)31(28(35)38-24)15-25(32)30-22-8-4-6-16-5-2-3-7-19(16)22/h2-14H,15H2,1H3,(H,30,32)/b24-14+. The van der Waals surface area contributed by atoms with Gasteiger partial charge in [0.2, 0.25) is 5.91 Å². The van der Waals surface area contributed by atoms with Crippen LogP contribution in [0.2, 0.25) is 5.02 Å². The molecule has 0 aliphatic carbocycles. The average Bonchev–Trinajstić information content (AvgIpc) is 3.49. The minimum atomic E-state index is -0.592.